The highest BCUT2D eigenvalue weighted by Gasteiger charge is 2.13. The van der Waals surface area contributed by atoms with Gasteiger partial charge < -0.3 is 14.8 Å². The summed E-state index contributed by atoms with van der Waals surface area (Å²) in [7, 11) is 1.67. The molecule has 1 N–H and O–H groups in total. The predicted octanol–water partition coefficient (Wildman–Crippen LogP) is 2.27. The van der Waals surface area contributed by atoms with Crippen molar-refractivity contribution in [3.05, 3.63) is 35.5 Å². The van der Waals surface area contributed by atoms with E-state index < -0.39 is 0 Å². The Morgan fingerprint density at radius 1 is 1.29 bits per heavy atom. The molecule has 0 radical (unpaired) electrons. The van der Waals surface area contributed by atoms with Crippen LogP contribution in [0.2, 0.25) is 0 Å². The van der Waals surface area contributed by atoms with E-state index in [0.717, 1.165) is 5.56 Å². The van der Waals surface area contributed by atoms with Crippen LogP contribution in [0.4, 0.5) is 5.82 Å². The summed E-state index contributed by atoms with van der Waals surface area (Å²) < 4.78 is 12.5. The van der Waals surface area contributed by atoms with Gasteiger partial charge in [-0.1, -0.05) is 6.07 Å². The normalized spacial score (nSPS) is 10.1. The molecule has 1 aromatic heterocycles. The van der Waals surface area contributed by atoms with Crippen molar-refractivity contribution >= 4 is 11.7 Å². The molecule has 0 aliphatic rings. The molecule has 1 aromatic carbocycles. The zero-order valence-electron chi connectivity index (χ0n) is 14.0. The lowest BCUT2D eigenvalue weighted by Crippen LogP contribution is -2.17. The quantitative estimate of drug-likeness (QED) is 0.842. The number of anilines is 1. The van der Waals surface area contributed by atoms with Gasteiger partial charge in [0, 0.05) is 7.05 Å². The van der Waals surface area contributed by atoms with Crippen LogP contribution in [-0.4, -0.2) is 28.9 Å². The molecule has 0 bridgehead atoms. The minimum absolute atomic E-state index is 0.155. The summed E-state index contributed by atoms with van der Waals surface area (Å²) in [5.74, 6) is 1.42. The average Bonchev–Trinajstić information content (AvgIpc) is 2.90. The first-order chi connectivity index (χ1) is 11.6. The van der Waals surface area contributed by atoms with Gasteiger partial charge >= 0.3 is 0 Å². The van der Waals surface area contributed by atoms with Crippen LogP contribution in [0, 0.1) is 11.3 Å². The molecule has 7 nitrogen and oxygen atoms in total. The molecule has 0 saturated carbocycles. The highest BCUT2D eigenvalue weighted by atomic mass is 16.5. The van der Waals surface area contributed by atoms with Gasteiger partial charge in [0.15, 0.2) is 11.5 Å². The topological polar surface area (TPSA) is 89.2 Å². The maximum Gasteiger partial charge on any atom is 0.229 e. The number of aromatic nitrogens is 2. The highest BCUT2D eigenvalue weighted by molar-refractivity contribution is 5.92. The van der Waals surface area contributed by atoms with Crippen molar-refractivity contribution < 1.29 is 14.3 Å². The van der Waals surface area contributed by atoms with E-state index in [1.807, 2.05) is 26.0 Å². The van der Waals surface area contributed by atoms with Crippen LogP contribution in [0.5, 0.6) is 11.5 Å². The molecular weight excluding hydrogens is 308 g/mol. The summed E-state index contributed by atoms with van der Waals surface area (Å²) in [5.41, 5.74) is 1.12. The lowest BCUT2D eigenvalue weighted by Gasteiger charge is -2.12. The fourth-order valence-corrected chi connectivity index (χ4v) is 2.23. The van der Waals surface area contributed by atoms with Gasteiger partial charge in [-0.25, -0.2) is 0 Å². The Labute approximate surface area is 140 Å². The predicted molar refractivity (Wildman–Crippen MR) is 89.0 cm³/mol. The SMILES string of the molecule is CCOc1ccc(CC(=O)Nc2c(C#N)cnn2C)cc1OCC. The minimum atomic E-state index is -0.235. The van der Waals surface area contributed by atoms with Crippen LogP contribution in [0.25, 0.3) is 0 Å². The van der Waals surface area contributed by atoms with Crippen molar-refractivity contribution in [1.82, 2.24) is 9.78 Å². The number of nitrogens with one attached hydrogen (secondary N) is 1. The summed E-state index contributed by atoms with van der Waals surface area (Å²) >= 11 is 0. The molecule has 0 atom stereocenters. The van der Waals surface area contributed by atoms with Gasteiger partial charge in [0.1, 0.15) is 17.5 Å². The molecule has 2 aromatic rings. The molecule has 0 aliphatic heterocycles. The third kappa shape index (κ3) is 4.04. The number of nitrogens with zero attached hydrogens (tertiary/aromatic N) is 3. The van der Waals surface area contributed by atoms with Gasteiger partial charge in [-0.15, -0.1) is 0 Å². The lowest BCUT2D eigenvalue weighted by molar-refractivity contribution is -0.115. The number of ether oxygens (including phenoxy) is 2. The van der Waals surface area contributed by atoms with E-state index in [-0.39, 0.29) is 12.3 Å². The molecule has 2 rings (SSSR count). The van der Waals surface area contributed by atoms with Crippen molar-refractivity contribution in [2.75, 3.05) is 18.5 Å². The average molecular weight is 328 g/mol. The second-order valence-corrected chi connectivity index (χ2v) is 5.01. The zero-order chi connectivity index (χ0) is 17.5. The van der Waals surface area contributed by atoms with Crippen molar-refractivity contribution in [1.29, 1.82) is 5.26 Å². The fraction of sp³-hybridized carbons (Fsp3) is 0.353. The number of aryl methyl sites for hydroxylation is 1. The second kappa shape index (κ2) is 8.02. The largest absolute Gasteiger partial charge is 0.490 e. The van der Waals surface area contributed by atoms with E-state index in [1.54, 1.807) is 19.2 Å². The van der Waals surface area contributed by atoms with Crippen molar-refractivity contribution in [2.24, 2.45) is 7.05 Å². The number of carbonyl (C=O) groups is 1. The van der Waals surface area contributed by atoms with Crippen LogP contribution >= 0.6 is 0 Å². The monoisotopic (exact) mass is 328 g/mol. The van der Waals surface area contributed by atoms with Crippen LogP contribution in [-0.2, 0) is 18.3 Å². The number of hydrogen-bond donors (Lipinski definition) is 1. The van der Waals surface area contributed by atoms with E-state index in [9.17, 15) is 4.79 Å². The third-order valence-corrected chi connectivity index (χ3v) is 3.29. The Kier molecular flexibility index (Phi) is 5.79. The number of benzene rings is 1. The molecule has 7 heteroatoms. The summed E-state index contributed by atoms with van der Waals surface area (Å²) in [6.45, 7) is 4.84. The maximum absolute atomic E-state index is 12.2. The summed E-state index contributed by atoms with van der Waals surface area (Å²) in [4.78, 5) is 12.2. The Balaban J connectivity index is 2.12. The van der Waals surface area contributed by atoms with Gasteiger partial charge in [0.2, 0.25) is 5.91 Å². The molecule has 1 heterocycles. The maximum atomic E-state index is 12.2. The Morgan fingerprint density at radius 3 is 2.67 bits per heavy atom. The number of nitriles is 1. The standard InChI is InChI=1S/C17H20N4O3/c1-4-23-14-7-6-12(8-15(14)24-5-2)9-16(22)20-17-13(10-18)11-19-21(17)3/h6-8,11H,4-5,9H2,1-3H3,(H,20,22). The van der Waals surface area contributed by atoms with Gasteiger partial charge in [0.05, 0.1) is 25.8 Å². The number of rotatable bonds is 7. The molecule has 1 amide bonds. The first-order valence-electron chi connectivity index (χ1n) is 7.69. The van der Waals surface area contributed by atoms with E-state index in [0.29, 0.717) is 36.1 Å². The zero-order valence-corrected chi connectivity index (χ0v) is 14.0. The van der Waals surface area contributed by atoms with Gasteiger partial charge in [-0.2, -0.15) is 10.4 Å². The number of carbonyl (C=O) groups excluding carboxylic acids is 1. The summed E-state index contributed by atoms with van der Waals surface area (Å²) in [6, 6.07) is 7.41. The minimum Gasteiger partial charge on any atom is -0.490 e. The Bertz CT molecular complexity index is 762. The Hall–Kier alpha value is -3.01. The van der Waals surface area contributed by atoms with E-state index in [4.69, 9.17) is 14.7 Å². The molecule has 0 spiro atoms. The smallest absolute Gasteiger partial charge is 0.229 e. The number of hydrogen-bond acceptors (Lipinski definition) is 5. The van der Waals surface area contributed by atoms with Gasteiger partial charge in [-0.3, -0.25) is 9.48 Å². The van der Waals surface area contributed by atoms with Crippen molar-refractivity contribution in [3.63, 3.8) is 0 Å². The first-order valence-corrected chi connectivity index (χ1v) is 7.69. The van der Waals surface area contributed by atoms with E-state index in [2.05, 4.69) is 10.4 Å². The molecule has 0 aliphatic carbocycles. The van der Waals surface area contributed by atoms with E-state index >= 15 is 0 Å². The molecule has 0 unspecified atom stereocenters. The fourth-order valence-electron chi connectivity index (χ4n) is 2.23. The van der Waals surface area contributed by atoms with Gasteiger partial charge in [0.25, 0.3) is 0 Å². The molecule has 24 heavy (non-hydrogen) atoms. The summed E-state index contributed by atoms with van der Waals surface area (Å²) in [6.07, 6.45) is 1.57. The van der Waals surface area contributed by atoms with Crippen molar-refractivity contribution in [3.8, 4) is 17.6 Å². The molecule has 0 saturated heterocycles. The van der Waals surface area contributed by atoms with Crippen molar-refractivity contribution in [2.45, 2.75) is 20.3 Å². The molecule has 126 valence electrons. The highest BCUT2D eigenvalue weighted by Crippen LogP contribution is 2.28. The van der Waals surface area contributed by atoms with Crippen LogP contribution in [0.3, 0.4) is 0 Å². The number of amides is 1. The van der Waals surface area contributed by atoms with Crippen LogP contribution in [0.15, 0.2) is 24.4 Å². The third-order valence-electron chi connectivity index (χ3n) is 3.29. The van der Waals surface area contributed by atoms with Crippen LogP contribution in [0.1, 0.15) is 25.0 Å². The molecular formula is C17H20N4O3. The van der Waals surface area contributed by atoms with Crippen LogP contribution < -0.4 is 14.8 Å². The van der Waals surface area contributed by atoms with E-state index in [1.165, 1.54) is 10.9 Å². The van der Waals surface area contributed by atoms with Gasteiger partial charge in [-0.05, 0) is 31.5 Å². The molecule has 0 fully saturated rings. The summed E-state index contributed by atoms with van der Waals surface area (Å²) in [5, 5.41) is 15.7. The lowest BCUT2D eigenvalue weighted by atomic mass is 10.1. The Morgan fingerprint density at radius 2 is 2.00 bits per heavy atom. The first kappa shape index (κ1) is 17.3. The second-order valence-electron chi connectivity index (χ2n) is 5.01.